The number of ether oxygens (including phenoxy) is 2. The first-order valence-electron chi connectivity index (χ1n) is 25.1. The van der Waals surface area contributed by atoms with Crippen molar-refractivity contribution in [2.45, 2.75) is 258 Å². The highest BCUT2D eigenvalue weighted by Crippen LogP contribution is 2.35. The zero-order valence-corrected chi connectivity index (χ0v) is 42.3. The van der Waals surface area contributed by atoms with Gasteiger partial charge in [0.25, 0.3) is 11.8 Å². The number of aromatic amines is 1. The van der Waals surface area contributed by atoms with E-state index in [-0.39, 0.29) is 51.6 Å². The van der Waals surface area contributed by atoms with E-state index in [1.165, 1.54) is 38.5 Å². The van der Waals surface area contributed by atoms with Gasteiger partial charge in [0.15, 0.2) is 11.5 Å². The van der Waals surface area contributed by atoms with Gasteiger partial charge in [-0.25, -0.2) is 4.98 Å². The number of anilines is 2. The third-order valence-corrected chi connectivity index (χ3v) is 12.9. The molecule has 2 aliphatic heterocycles. The summed E-state index contributed by atoms with van der Waals surface area (Å²) in [6, 6.07) is 7.66. The standard InChI is InChI=1S/C52H88N8O4/c1-14-16-18-20-22-24-26-41(63-39-32-49(6,7)58-50(8,9)33-39)46(61)53-37-28-36(45-55-44-31-43(48(3,4)5)56-60(44)57-45)29-38(30-37)54-47(62)42(27-25-23-21-19-17-15-2)64-40-34-51(10,11)59-52(12,13)35-40/h28-31,39-42,56,58-59H,14-27,32-35H2,1-13H3,(H,53,61)(H,54,62). The van der Waals surface area contributed by atoms with Gasteiger partial charge in [-0.3, -0.25) is 14.7 Å². The average molecular weight is 889 g/mol. The number of nitrogens with zero attached hydrogens (tertiary/aromatic N) is 3. The summed E-state index contributed by atoms with van der Waals surface area (Å²) in [5.74, 6) is 0.117. The van der Waals surface area contributed by atoms with Crippen molar-refractivity contribution in [3.8, 4) is 11.4 Å². The van der Waals surface area contributed by atoms with Gasteiger partial charge in [-0.2, -0.15) is 4.63 Å². The fourth-order valence-electron chi connectivity index (χ4n) is 10.5. The quantitative estimate of drug-likeness (QED) is 0.0592. The lowest BCUT2D eigenvalue weighted by atomic mass is 9.81. The molecular formula is C52H88N8O4. The third-order valence-electron chi connectivity index (χ3n) is 12.9. The second-order valence-corrected chi connectivity index (χ2v) is 23.1. The number of fused-ring (bicyclic) bond motifs is 1. The first kappa shape index (κ1) is 51.7. The van der Waals surface area contributed by atoms with E-state index >= 15 is 0 Å². The Labute approximate surface area is 386 Å². The van der Waals surface area contributed by atoms with Crippen LogP contribution in [0.15, 0.2) is 24.3 Å². The smallest absolute Gasteiger partial charge is 0.253 e. The minimum absolute atomic E-state index is 0.0707. The molecule has 2 fully saturated rings. The second-order valence-electron chi connectivity index (χ2n) is 23.1. The molecule has 3 aromatic rings. The van der Waals surface area contributed by atoms with E-state index in [1.54, 1.807) is 4.63 Å². The van der Waals surface area contributed by atoms with Crippen LogP contribution in [0.2, 0.25) is 0 Å². The Hall–Kier alpha value is -3.32. The van der Waals surface area contributed by atoms with Crippen LogP contribution in [-0.2, 0) is 24.5 Å². The van der Waals surface area contributed by atoms with Crippen LogP contribution in [0.5, 0.6) is 0 Å². The van der Waals surface area contributed by atoms with Gasteiger partial charge in [0, 0.05) is 56.3 Å². The summed E-state index contributed by atoms with van der Waals surface area (Å²) in [7, 11) is 0. The monoisotopic (exact) mass is 889 g/mol. The molecule has 1 aromatic carbocycles. The lowest BCUT2D eigenvalue weighted by Crippen LogP contribution is -2.60. The van der Waals surface area contributed by atoms with Crippen LogP contribution < -0.4 is 21.3 Å². The molecule has 360 valence electrons. The van der Waals surface area contributed by atoms with Gasteiger partial charge in [-0.1, -0.05) is 112 Å². The largest absolute Gasteiger partial charge is 0.365 e. The van der Waals surface area contributed by atoms with Crippen molar-refractivity contribution < 1.29 is 19.1 Å². The zero-order valence-electron chi connectivity index (χ0n) is 42.3. The van der Waals surface area contributed by atoms with Crippen LogP contribution in [0.1, 0.15) is 211 Å². The second kappa shape index (κ2) is 22.0. The van der Waals surface area contributed by atoms with Gasteiger partial charge in [-0.05, 0) is 112 Å². The van der Waals surface area contributed by atoms with Crippen molar-refractivity contribution in [2.75, 3.05) is 10.6 Å². The molecule has 2 saturated heterocycles. The number of piperidine rings is 2. The Morgan fingerprint density at radius 3 is 1.45 bits per heavy atom. The van der Waals surface area contributed by atoms with Gasteiger partial charge in [-0.15, -0.1) is 5.10 Å². The fraction of sp³-hybridized carbons (Fsp3) is 0.769. The van der Waals surface area contributed by atoms with Gasteiger partial charge < -0.3 is 30.7 Å². The lowest BCUT2D eigenvalue weighted by molar-refractivity contribution is -0.136. The molecular weight excluding hydrogens is 801 g/mol. The number of aromatic nitrogens is 4. The van der Waals surface area contributed by atoms with Crippen molar-refractivity contribution in [3.63, 3.8) is 0 Å². The fourth-order valence-corrected chi connectivity index (χ4v) is 10.5. The maximum absolute atomic E-state index is 14.5. The normalized spacial score (nSPS) is 19.7. The highest BCUT2D eigenvalue weighted by molar-refractivity contribution is 5.98. The molecule has 5 N–H and O–H groups in total. The van der Waals surface area contributed by atoms with Crippen molar-refractivity contribution in [3.05, 3.63) is 30.0 Å². The number of unbranched alkanes of at least 4 members (excludes halogenated alkanes) is 10. The molecule has 5 rings (SSSR count). The number of nitrogens with one attached hydrogen (secondary N) is 5. The van der Waals surface area contributed by atoms with E-state index < -0.39 is 12.2 Å². The Bertz CT molecular complexity index is 1800. The van der Waals surface area contributed by atoms with Crippen LogP contribution in [-0.4, -0.2) is 78.2 Å². The van der Waals surface area contributed by atoms with E-state index in [4.69, 9.17) is 19.6 Å². The van der Waals surface area contributed by atoms with Crippen LogP contribution in [0, 0.1) is 0 Å². The third kappa shape index (κ3) is 15.9. The Balaban J connectivity index is 1.44. The summed E-state index contributed by atoms with van der Waals surface area (Å²) in [4.78, 5) is 34.0. The molecule has 2 aliphatic rings. The Morgan fingerprint density at radius 2 is 1.06 bits per heavy atom. The number of benzene rings is 1. The molecule has 0 aliphatic carbocycles. The van der Waals surface area contributed by atoms with E-state index in [9.17, 15) is 9.59 Å². The predicted octanol–water partition coefficient (Wildman–Crippen LogP) is 11.8. The molecule has 2 unspecified atom stereocenters. The maximum Gasteiger partial charge on any atom is 0.253 e. The van der Waals surface area contributed by atoms with Gasteiger partial charge in [0.05, 0.1) is 12.2 Å². The van der Waals surface area contributed by atoms with E-state index in [1.807, 2.05) is 24.3 Å². The van der Waals surface area contributed by atoms with Crippen molar-refractivity contribution in [2.24, 2.45) is 0 Å². The number of amides is 2. The summed E-state index contributed by atoms with van der Waals surface area (Å²) >= 11 is 0. The summed E-state index contributed by atoms with van der Waals surface area (Å²) < 4.78 is 15.3. The number of rotatable bonds is 23. The number of hydrogen-bond acceptors (Lipinski definition) is 8. The van der Waals surface area contributed by atoms with E-state index in [2.05, 4.69) is 116 Å². The summed E-state index contributed by atoms with van der Waals surface area (Å²) in [5, 5.41) is 22.2. The minimum atomic E-state index is -0.629. The molecule has 2 atom stereocenters. The average Bonchev–Trinajstić information content (AvgIpc) is 3.75. The van der Waals surface area contributed by atoms with Crippen LogP contribution in [0.4, 0.5) is 11.4 Å². The molecule has 2 amide bonds. The minimum Gasteiger partial charge on any atom is -0.365 e. The van der Waals surface area contributed by atoms with Gasteiger partial charge in [0.1, 0.15) is 12.2 Å². The van der Waals surface area contributed by atoms with E-state index in [0.717, 1.165) is 69.9 Å². The van der Waals surface area contributed by atoms with Crippen LogP contribution >= 0.6 is 0 Å². The van der Waals surface area contributed by atoms with Gasteiger partial charge in [0.2, 0.25) is 0 Å². The molecule has 4 heterocycles. The predicted molar refractivity (Wildman–Crippen MR) is 263 cm³/mol. The Kier molecular flexibility index (Phi) is 17.7. The first-order valence-corrected chi connectivity index (χ1v) is 25.1. The van der Waals surface area contributed by atoms with Crippen molar-refractivity contribution >= 4 is 28.8 Å². The molecule has 0 spiro atoms. The first-order chi connectivity index (χ1) is 30.0. The summed E-state index contributed by atoms with van der Waals surface area (Å²) in [6.07, 6.45) is 16.6. The number of hydrogen-bond donors (Lipinski definition) is 5. The number of carbonyl (C=O) groups excluding carboxylic acids is 2. The summed E-state index contributed by atoms with van der Waals surface area (Å²) in [5.41, 5.74) is 2.89. The Morgan fingerprint density at radius 1 is 0.656 bits per heavy atom. The van der Waals surface area contributed by atoms with Crippen molar-refractivity contribution in [1.29, 1.82) is 0 Å². The molecule has 2 aromatic heterocycles. The number of carbonyl (C=O) groups is 2. The van der Waals surface area contributed by atoms with Crippen LogP contribution in [0.3, 0.4) is 0 Å². The molecule has 0 saturated carbocycles. The topological polar surface area (TPSA) is 147 Å². The highest BCUT2D eigenvalue weighted by atomic mass is 16.5. The molecule has 0 radical (unpaired) electrons. The highest BCUT2D eigenvalue weighted by Gasteiger charge is 2.41. The van der Waals surface area contributed by atoms with E-state index in [0.29, 0.717) is 41.3 Å². The number of H-pyrrole nitrogens is 1. The zero-order chi connectivity index (χ0) is 46.9. The van der Waals surface area contributed by atoms with Crippen molar-refractivity contribution in [1.82, 2.24) is 30.4 Å². The molecule has 0 bridgehead atoms. The molecule has 64 heavy (non-hydrogen) atoms. The van der Waals surface area contributed by atoms with Gasteiger partial charge >= 0.3 is 0 Å². The summed E-state index contributed by atoms with van der Waals surface area (Å²) in [6.45, 7) is 28.6. The van der Waals surface area contributed by atoms with Crippen LogP contribution in [0.25, 0.3) is 17.0 Å². The maximum atomic E-state index is 14.5. The molecule has 12 heteroatoms. The SMILES string of the molecule is CCCCCCCCC(OC1CC(C)(C)NC(C)(C)C1)C(=O)Nc1cc(NC(=O)C(CCCCCCCC)OC2CC(C)(C)NC(C)(C)C2)cc(-c2nc3cc(C(C)(C)C)[nH]n3n2)c1. The molecule has 12 nitrogen and oxygen atoms in total. The lowest BCUT2D eigenvalue weighted by Gasteiger charge is -2.46.